The van der Waals surface area contributed by atoms with Gasteiger partial charge >= 0.3 is 0 Å². The molecule has 5 rings (SSSR count). The first-order valence-electron chi connectivity index (χ1n) is 14.3. The van der Waals surface area contributed by atoms with Gasteiger partial charge in [-0.1, -0.05) is 29.8 Å². The Labute approximate surface area is 265 Å². The number of sulfone groups is 1. The van der Waals surface area contributed by atoms with E-state index < -0.39 is 21.7 Å². The zero-order valence-corrected chi connectivity index (χ0v) is 26.0. The summed E-state index contributed by atoms with van der Waals surface area (Å²) >= 11 is 5.85. The van der Waals surface area contributed by atoms with Crippen LogP contribution < -0.4 is 16.2 Å². The minimum Gasteiger partial charge on any atom is -0.506 e. The highest BCUT2D eigenvalue weighted by Gasteiger charge is 2.26. The molecule has 234 valence electrons. The van der Waals surface area contributed by atoms with E-state index >= 15 is 0 Å². The molecule has 1 fully saturated rings. The number of benzene rings is 2. The standard InChI is InChI=1S/C32H32ClN5O6S/c1-37(24-13-18-45(43,44)19-14-24)16-17-38-15-3-5-25(32(38)42)21-7-9-22(10-8-21)30(40)36-29-26(4-2-6-27(29)39)31(41)35-28-12-11-23(33)20-34-28/h2-12,15,20,24,39H,13-14,16-19H2,1H3,(H,36,40)(H,34,35,41). The van der Waals surface area contributed by atoms with Crippen LogP contribution in [0.4, 0.5) is 11.5 Å². The van der Waals surface area contributed by atoms with E-state index in [1.54, 1.807) is 53.2 Å². The van der Waals surface area contributed by atoms with Crippen LogP contribution in [-0.4, -0.2) is 70.9 Å². The van der Waals surface area contributed by atoms with Gasteiger partial charge < -0.3 is 25.2 Å². The van der Waals surface area contributed by atoms with Gasteiger partial charge in [-0.3, -0.25) is 14.4 Å². The molecule has 3 heterocycles. The molecule has 0 bridgehead atoms. The summed E-state index contributed by atoms with van der Waals surface area (Å²) in [5.41, 5.74) is 1.11. The first-order chi connectivity index (χ1) is 21.5. The topological polar surface area (TPSA) is 151 Å². The van der Waals surface area contributed by atoms with Gasteiger partial charge in [0.25, 0.3) is 17.4 Å². The average Bonchev–Trinajstić information content (AvgIpc) is 3.02. The number of aromatic hydroxyl groups is 1. The third-order valence-corrected chi connectivity index (χ3v) is 9.75. The van der Waals surface area contributed by atoms with Crippen molar-refractivity contribution in [1.82, 2.24) is 14.5 Å². The molecule has 0 aliphatic carbocycles. The largest absolute Gasteiger partial charge is 0.506 e. The van der Waals surface area contributed by atoms with E-state index in [0.29, 0.717) is 42.1 Å². The highest BCUT2D eigenvalue weighted by Crippen LogP contribution is 2.29. The maximum atomic E-state index is 13.3. The van der Waals surface area contributed by atoms with E-state index in [0.717, 1.165) is 0 Å². The molecule has 1 aliphatic heterocycles. The molecule has 0 atom stereocenters. The summed E-state index contributed by atoms with van der Waals surface area (Å²) in [7, 11) is -0.996. The number of halogens is 1. The van der Waals surface area contributed by atoms with Crippen LogP contribution in [-0.2, 0) is 16.4 Å². The van der Waals surface area contributed by atoms with Gasteiger partial charge in [0, 0.05) is 42.7 Å². The molecular weight excluding hydrogens is 618 g/mol. The zero-order valence-electron chi connectivity index (χ0n) is 24.4. The molecule has 4 aromatic rings. The van der Waals surface area contributed by atoms with E-state index in [9.17, 15) is 27.9 Å². The highest BCUT2D eigenvalue weighted by atomic mass is 35.5. The lowest BCUT2D eigenvalue weighted by molar-refractivity contribution is 0.102. The fourth-order valence-electron chi connectivity index (χ4n) is 5.18. The van der Waals surface area contributed by atoms with Gasteiger partial charge in [0.05, 0.1) is 27.8 Å². The number of nitrogens with zero attached hydrogens (tertiary/aromatic N) is 3. The molecule has 2 aromatic carbocycles. The second kappa shape index (κ2) is 13.6. The first kappa shape index (κ1) is 31.9. The monoisotopic (exact) mass is 649 g/mol. The van der Waals surface area contributed by atoms with Gasteiger partial charge in [-0.05, 0) is 74.0 Å². The van der Waals surface area contributed by atoms with Gasteiger partial charge in [0.1, 0.15) is 21.4 Å². The number of pyridine rings is 2. The second-order valence-corrected chi connectivity index (χ2v) is 13.6. The maximum absolute atomic E-state index is 13.3. The summed E-state index contributed by atoms with van der Waals surface area (Å²) in [6.45, 7) is 1.03. The number of hydrogen-bond donors (Lipinski definition) is 3. The minimum absolute atomic E-state index is 0.0284. The van der Waals surface area contributed by atoms with E-state index in [1.807, 2.05) is 7.05 Å². The molecule has 0 spiro atoms. The summed E-state index contributed by atoms with van der Waals surface area (Å²) < 4.78 is 25.1. The minimum atomic E-state index is -2.94. The number of phenols is 1. The Balaban J connectivity index is 1.26. The van der Waals surface area contributed by atoms with Crippen molar-refractivity contribution in [2.75, 3.05) is 35.7 Å². The molecule has 2 aromatic heterocycles. The number of phenolic OH excluding ortho intramolecular Hbond substituents is 1. The number of aromatic nitrogens is 2. The first-order valence-corrected chi connectivity index (χ1v) is 16.5. The van der Waals surface area contributed by atoms with Gasteiger partial charge in [0.15, 0.2) is 0 Å². The lowest BCUT2D eigenvalue weighted by Crippen LogP contribution is -2.41. The number of anilines is 2. The van der Waals surface area contributed by atoms with Crippen molar-refractivity contribution in [3.8, 4) is 16.9 Å². The van der Waals surface area contributed by atoms with Crippen LogP contribution in [0.3, 0.4) is 0 Å². The van der Waals surface area contributed by atoms with Crippen LogP contribution in [0, 0.1) is 0 Å². The average molecular weight is 650 g/mol. The Morgan fingerprint density at radius 3 is 2.42 bits per heavy atom. The van der Waals surface area contributed by atoms with Crippen molar-refractivity contribution in [3.05, 3.63) is 106 Å². The second-order valence-electron chi connectivity index (χ2n) is 10.8. The number of carbonyl (C=O) groups is 2. The van der Waals surface area contributed by atoms with Gasteiger partial charge in [-0.15, -0.1) is 0 Å². The van der Waals surface area contributed by atoms with Crippen LogP contribution in [0.25, 0.3) is 11.1 Å². The number of carbonyl (C=O) groups excluding carboxylic acids is 2. The summed E-state index contributed by atoms with van der Waals surface area (Å²) in [6, 6.07) is 17.5. The van der Waals surface area contributed by atoms with Crippen molar-refractivity contribution in [2.24, 2.45) is 0 Å². The van der Waals surface area contributed by atoms with E-state index in [1.165, 1.54) is 30.5 Å². The summed E-state index contributed by atoms with van der Waals surface area (Å²) in [5, 5.41) is 16.1. The normalized spacial score (nSPS) is 14.6. The number of amides is 2. The molecule has 11 nitrogen and oxygen atoms in total. The molecule has 13 heteroatoms. The zero-order chi connectivity index (χ0) is 32.1. The molecule has 0 saturated carbocycles. The van der Waals surface area contributed by atoms with Crippen molar-refractivity contribution in [2.45, 2.75) is 25.4 Å². The summed E-state index contributed by atoms with van der Waals surface area (Å²) in [4.78, 5) is 45.5. The van der Waals surface area contributed by atoms with Crippen molar-refractivity contribution in [1.29, 1.82) is 0 Å². The quantitative estimate of drug-likeness (QED) is 0.227. The van der Waals surface area contributed by atoms with Gasteiger partial charge in [-0.2, -0.15) is 0 Å². The SMILES string of the molecule is CN(CCn1cccc(-c2ccc(C(=O)Nc3c(O)cccc3C(=O)Nc3ccc(Cl)cn3)cc2)c1=O)C1CCS(=O)(=O)CC1. The van der Waals surface area contributed by atoms with Crippen molar-refractivity contribution in [3.63, 3.8) is 0 Å². The van der Waals surface area contributed by atoms with E-state index in [-0.39, 0.29) is 51.5 Å². The van der Waals surface area contributed by atoms with Gasteiger partial charge in [0.2, 0.25) is 0 Å². The van der Waals surface area contributed by atoms with Crippen molar-refractivity contribution < 1.29 is 23.1 Å². The van der Waals surface area contributed by atoms with Crippen LogP contribution in [0.5, 0.6) is 5.75 Å². The fourth-order valence-corrected chi connectivity index (χ4v) is 6.76. The predicted molar refractivity (Wildman–Crippen MR) is 174 cm³/mol. The lowest BCUT2D eigenvalue weighted by atomic mass is 10.0. The number of hydrogen-bond acceptors (Lipinski definition) is 8. The predicted octanol–water partition coefficient (Wildman–Crippen LogP) is 4.28. The Morgan fingerprint density at radius 2 is 1.73 bits per heavy atom. The van der Waals surface area contributed by atoms with Crippen LogP contribution >= 0.6 is 11.6 Å². The molecular formula is C32H32ClN5O6S. The third-order valence-electron chi connectivity index (χ3n) is 7.81. The Kier molecular flexibility index (Phi) is 9.66. The molecule has 2 amide bonds. The van der Waals surface area contributed by atoms with Crippen LogP contribution in [0.1, 0.15) is 33.6 Å². The third kappa shape index (κ3) is 7.77. The molecule has 1 saturated heterocycles. The summed E-state index contributed by atoms with van der Waals surface area (Å²) in [5.74, 6) is -0.821. The fraction of sp³-hybridized carbons (Fsp3) is 0.250. The van der Waals surface area contributed by atoms with Crippen LogP contribution in [0.2, 0.25) is 5.02 Å². The van der Waals surface area contributed by atoms with Gasteiger partial charge in [-0.25, -0.2) is 13.4 Å². The molecule has 45 heavy (non-hydrogen) atoms. The number of para-hydroxylation sites is 1. The molecule has 3 N–H and O–H groups in total. The molecule has 0 radical (unpaired) electrons. The molecule has 1 aliphatic rings. The summed E-state index contributed by atoms with van der Waals surface area (Å²) in [6.07, 6.45) is 4.28. The van der Waals surface area contributed by atoms with E-state index in [2.05, 4.69) is 20.5 Å². The number of rotatable bonds is 9. The Hall–Kier alpha value is -4.52. The number of nitrogens with one attached hydrogen (secondary N) is 2. The Morgan fingerprint density at radius 1 is 1.00 bits per heavy atom. The molecule has 0 unspecified atom stereocenters. The highest BCUT2D eigenvalue weighted by molar-refractivity contribution is 7.91. The smallest absolute Gasteiger partial charge is 0.259 e. The number of likely N-dealkylation sites (N-methyl/N-ethyl adjacent to an activating group) is 1. The lowest BCUT2D eigenvalue weighted by Gasteiger charge is -2.31. The van der Waals surface area contributed by atoms with Crippen LogP contribution in [0.15, 0.2) is 83.9 Å². The van der Waals surface area contributed by atoms with E-state index in [4.69, 9.17) is 11.6 Å². The Bertz CT molecular complexity index is 1860. The maximum Gasteiger partial charge on any atom is 0.259 e. The van der Waals surface area contributed by atoms with Crippen molar-refractivity contribution >= 4 is 44.8 Å².